The van der Waals surface area contributed by atoms with Gasteiger partial charge in [-0.05, 0) is 44.2 Å². The summed E-state index contributed by atoms with van der Waals surface area (Å²) < 4.78 is 5.77. The molecule has 0 spiro atoms. The Morgan fingerprint density at radius 2 is 2.18 bits per heavy atom. The van der Waals surface area contributed by atoms with Gasteiger partial charge in [0.25, 0.3) is 0 Å². The van der Waals surface area contributed by atoms with Gasteiger partial charge in [0.05, 0.1) is 0 Å². The standard InChI is InChI=1S/C14H18ClNO/c1-3-16-10(2)4-6-13-9-11-8-12(15)5-7-14(11)17-13/h5,7-10,16H,3-4,6H2,1-2H3. The summed E-state index contributed by atoms with van der Waals surface area (Å²) in [5.41, 5.74) is 0.917. The maximum Gasteiger partial charge on any atom is 0.134 e. The molecule has 2 nitrogen and oxygen atoms in total. The van der Waals surface area contributed by atoms with Crippen molar-refractivity contribution in [2.75, 3.05) is 6.54 Å². The highest BCUT2D eigenvalue weighted by Gasteiger charge is 2.06. The van der Waals surface area contributed by atoms with Crippen LogP contribution in [0.1, 0.15) is 26.0 Å². The van der Waals surface area contributed by atoms with Gasteiger partial charge in [-0.2, -0.15) is 0 Å². The first kappa shape index (κ1) is 12.5. The highest BCUT2D eigenvalue weighted by Crippen LogP contribution is 2.23. The van der Waals surface area contributed by atoms with Crippen LogP contribution >= 0.6 is 11.6 Å². The zero-order valence-corrected chi connectivity index (χ0v) is 11.1. The van der Waals surface area contributed by atoms with Crippen LogP contribution < -0.4 is 5.32 Å². The molecule has 1 aromatic carbocycles. The molecule has 0 amide bonds. The van der Waals surface area contributed by atoms with Gasteiger partial charge in [-0.1, -0.05) is 18.5 Å². The number of benzene rings is 1. The Morgan fingerprint density at radius 3 is 2.94 bits per heavy atom. The Balaban J connectivity index is 2.04. The summed E-state index contributed by atoms with van der Waals surface area (Å²) in [5.74, 6) is 1.03. The number of furan rings is 1. The number of hydrogen-bond donors (Lipinski definition) is 1. The van der Waals surface area contributed by atoms with Gasteiger partial charge in [0.1, 0.15) is 11.3 Å². The van der Waals surface area contributed by atoms with Crippen LogP contribution in [-0.2, 0) is 6.42 Å². The summed E-state index contributed by atoms with van der Waals surface area (Å²) in [6.07, 6.45) is 2.04. The third-order valence-electron chi connectivity index (χ3n) is 2.91. The second-order valence-corrected chi connectivity index (χ2v) is 4.83. The molecule has 0 fully saturated rings. The normalized spacial score (nSPS) is 13.1. The predicted molar refractivity (Wildman–Crippen MR) is 72.7 cm³/mol. The number of rotatable bonds is 5. The Kier molecular flexibility index (Phi) is 4.08. The van der Waals surface area contributed by atoms with Gasteiger partial charge in [-0.15, -0.1) is 0 Å². The second kappa shape index (κ2) is 5.56. The first-order valence-corrected chi connectivity index (χ1v) is 6.48. The van der Waals surface area contributed by atoms with Crippen LogP contribution in [0.3, 0.4) is 0 Å². The van der Waals surface area contributed by atoms with Crippen LogP contribution in [0.25, 0.3) is 11.0 Å². The van der Waals surface area contributed by atoms with E-state index in [1.807, 2.05) is 18.2 Å². The van der Waals surface area contributed by atoms with Gasteiger partial charge >= 0.3 is 0 Å². The average molecular weight is 252 g/mol. The molecule has 0 radical (unpaired) electrons. The van der Waals surface area contributed by atoms with Crippen LogP contribution in [0.5, 0.6) is 0 Å². The molecule has 17 heavy (non-hydrogen) atoms. The van der Waals surface area contributed by atoms with Gasteiger partial charge in [-0.3, -0.25) is 0 Å². The number of nitrogens with one attached hydrogen (secondary N) is 1. The minimum absolute atomic E-state index is 0.525. The fourth-order valence-corrected chi connectivity index (χ4v) is 2.18. The molecule has 0 bridgehead atoms. The van der Waals surface area contributed by atoms with E-state index in [1.54, 1.807) is 0 Å². The van der Waals surface area contributed by atoms with E-state index in [0.717, 1.165) is 41.1 Å². The summed E-state index contributed by atoms with van der Waals surface area (Å²) in [4.78, 5) is 0. The maximum absolute atomic E-state index is 5.95. The van der Waals surface area contributed by atoms with E-state index in [2.05, 4.69) is 25.2 Å². The molecular formula is C14H18ClNO. The first-order valence-electron chi connectivity index (χ1n) is 6.10. The van der Waals surface area contributed by atoms with Crippen molar-refractivity contribution in [3.8, 4) is 0 Å². The van der Waals surface area contributed by atoms with Crippen LogP contribution in [0.2, 0.25) is 5.02 Å². The quantitative estimate of drug-likeness (QED) is 0.868. The average Bonchev–Trinajstić information content (AvgIpc) is 2.68. The molecule has 0 saturated heterocycles. The lowest BCUT2D eigenvalue weighted by atomic mass is 10.1. The Labute approximate surface area is 107 Å². The zero-order valence-electron chi connectivity index (χ0n) is 10.3. The van der Waals surface area contributed by atoms with E-state index in [9.17, 15) is 0 Å². The van der Waals surface area contributed by atoms with Crippen molar-refractivity contribution < 1.29 is 4.42 Å². The lowest BCUT2D eigenvalue weighted by molar-refractivity contribution is 0.483. The molecule has 1 heterocycles. The fourth-order valence-electron chi connectivity index (χ4n) is 2.00. The van der Waals surface area contributed by atoms with Crippen LogP contribution in [0.15, 0.2) is 28.7 Å². The lowest BCUT2D eigenvalue weighted by Crippen LogP contribution is -2.25. The molecule has 2 aromatic rings. The van der Waals surface area contributed by atoms with E-state index >= 15 is 0 Å². The molecule has 1 unspecified atom stereocenters. The SMILES string of the molecule is CCNC(C)CCc1cc2cc(Cl)ccc2o1. The molecule has 2 rings (SSSR count). The molecule has 0 saturated carbocycles. The van der Waals surface area contributed by atoms with E-state index in [0.29, 0.717) is 6.04 Å². The second-order valence-electron chi connectivity index (χ2n) is 4.39. The number of fused-ring (bicyclic) bond motifs is 1. The van der Waals surface area contributed by atoms with Crippen LogP contribution in [0, 0.1) is 0 Å². The molecule has 0 aliphatic rings. The summed E-state index contributed by atoms with van der Waals surface area (Å²) >= 11 is 5.95. The number of hydrogen-bond acceptors (Lipinski definition) is 2. The van der Waals surface area contributed by atoms with E-state index in [-0.39, 0.29) is 0 Å². The molecule has 1 atom stereocenters. The van der Waals surface area contributed by atoms with Crippen molar-refractivity contribution in [3.05, 3.63) is 35.0 Å². The third-order valence-corrected chi connectivity index (χ3v) is 3.14. The van der Waals surface area contributed by atoms with Gasteiger partial charge in [0.15, 0.2) is 0 Å². The van der Waals surface area contributed by atoms with Crippen molar-refractivity contribution >= 4 is 22.6 Å². The maximum atomic E-state index is 5.95. The molecule has 1 N–H and O–H groups in total. The molecule has 3 heteroatoms. The number of halogens is 1. The van der Waals surface area contributed by atoms with Crippen molar-refractivity contribution in [1.82, 2.24) is 5.32 Å². The summed E-state index contributed by atoms with van der Waals surface area (Å²) in [7, 11) is 0. The van der Waals surface area contributed by atoms with Crippen molar-refractivity contribution in [1.29, 1.82) is 0 Å². The van der Waals surface area contributed by atoms with E-state index < -0.39 is 0 Å². The highest BCUT2D eigenvalue weighted by atomic mass is 35.5. The minimum Gasteiger partial charge on any atom is -0.461 e. The van der Waals surface area contributed by atoms with Gasteiger partial charge in [0.2, 0.25) is 0 Å². The van der Waals surface area contributed by atoms with Crippen LogP contribution in [0.4, 0.5) is 0 Å². The molecule has 0 aliphatic carbocycles. The van der Waals surface area contributed by atoms with Gasteiger partial charge in [-0.25, -0.2) is 0 Å². The van der Waals surface area contributed by atoms with Crippen LogP contribution in [-0.4, -0.2) is 12.6 Å². The van der Waals surface area contributed by atoms with Crippen molar-refractivity contribution in [3.63, 3.8) is 0 Å². The lowest BCUT2D eigenvalue weighted by Gasteiger charge is -2.10. The molecule has 0 aliphatic heterocycles. The summed E-state index contributed by atoms with van der Waals surface area (Å²) in [6, 6.07) is 8.34. The smallest absolute Gasteiger partial charge is 0.134 e. The minimum atomic E-state index is 0.525. The predicted octanol–water partition coefficient (Wildman–Crippen LogP) is 4.02. The Bertz CT molecular complexity index is 492. The Hall–Kier alpha value is -0.990. The largest absolute Gasteiger partial charge is 0.461 e. The Morgan fingerprint density at radius 1 is 1.35 bits per heavy atom. The van der Waals surface area contributed by atoms with E-state index in [1.165, 1.54) is 0 Å². The van der Waals surface area contributed by atoms with Crippen molar-refractivity contribution in [2.45, 2.75) is 32.7 Å². The van der Waals surface area contributed by atoms with Crippen molar-refractivity contribution in [2.24, 2.45) is 0 Å². The molecule has 1 aromatic heterocycles. The molecule has 92 valence electrons. The summed E-state index contributed by atoms with van der Waals surface area (Å²) in [6.45, 7) is 5.33. The van der Waals surface area contributed by atoms with Gasteiger partial charge in [0, 0.05) is 22.9 Å². The highest BCUT2D eigenvalue weighted by molar-refractivity contribution is 6.31. The monoisotopic (exact) mass is 251 g/mol. The topological polar surface area (TPSA) is 25.2 Å². The van der Waals surface area contributed by atoms with E-state index in [4.69, 9.17) is 16.0 Å². The zero-order chi connectivity index (χ0) is 12.3. The third kappa shape index (κ3) is 3.24. The first-order chi connectivity index (χ1) is 8.19. The fraction of sp³-hybridized carbons (Fsp3) is 0.429. The number of aryl methyl sites for hydroxylation is 1. The molecular weight excluding hydrogens is 234 g/mol. The summed E-state index contributed by atoms with van der Waals surface area (Å²) in [5, 5.41) is 5.24. The van der Waals surface area contributed by atoms with Gasteiger partial charge < -0.3 is 9.73 Å².